The Bertz CT molecular complexity index is 1330. The Morgan fingerprint density at radius 1 is 0.941 bits per heavy atom. The van der Waals surface area contributed by atoms with Crippen molar-refractivity contribution in [2.75, 3.05) is 44.7 Å². The summed E-state index contributed by atoms with van der Waals surface area (Å²) in [6.45, 7) is 5.50. The summed E-state index contributed by atoms with van der Waals surface area (Å²) in [7, 11) is 0.704. The van der Waals surface area contributed by atoms with Gasteiger partial charge in [0.25, 0.3) is 0 Å². The van der Waals surface area contributed by atoms with Gasteiger partial charge < -0.3 is 19.6 Å². The van der Waals surface area contributed by atoms with Gasteiger partial charge in [-0.2, -0.15) is 22.0 Å². The first-order valence-corrected chi connectivity index (χ1v) is 20.9. The highest BCUT2D eigenvalue weighted by atomic mass is 32.2. The first-order chi connectivity index (χ1) is 24.2. The molecule has 3 fully saturated rings. The van der Waals surface area contributed by atoms with Crippen molar-refractivity contribution in [2.45, 2.75) is 134 Å². The van der Waals surface area contributed by atoms with E-state index in [9.17, 15) is 36.1 Å². The zero-order valence-corrected chi connectivity index (χ0v) is 31.4. The fraction of sp³-hybridized carbons (Fsp3) is 0.821. The Balaban J connectivity index is 1.09. The summed E-state index contributed by atoms with van der Waals surface area (Å²) < 4.78 is 81.1. The average molecular weight is 747 g/mol. The van der Waals surface area contributed by atoms with Crippen LogP contribution in [0.2, 0.25) is 0 Å². The molecule has 4 aliphatic rings. The van der Waals surface area contributed by atoms with Crippen LogP contribution in [0, 0.1) is 23.2 Å². The molecule has 0 radical (unpaired) electrons. The highest BCUT2D eigenvalue weighted by Gasteiger charge is 2.57. The SMILES string of the molecule is CN1CCCN(C(=O)Oc2ccc3c(c2)C[C@@H](CCCCCCCCCS(=O)CCCC(F)(F)C(F)(F)F)[C@@H]2[C@@H]3CC[C@]3(C)[C@@H](O)CC[C@@H]23)CC1. The molecule has 0 spiro atoms. The van der Waals surface area contributed by atoms with Crippen molar-refractivity contribution in [1.29, 1.82) is 0 Å². The number of ether oxygens (including phenoxy) is 1. The lowest BCUT2D eigenvalue weighted by Crippen LogP contribution is -2.47. The number of rotatable bonds is 15. The van der Waals surface area contributed by atoms with Crippen molar-refractivity contribution >= 4 is 16.9 Å². The van der Waals surface area contributed by atoms with Gasteiger partial charge in [0.15, 0.2) is 0 Å². The standard InChI is InChI=1S/C39H59F5N2O4S/c1-37-19-17-32-31-14-13-30(50-36(48)46-21-11-20-45(2)22-23-46)27-29(31)26-28(35(32)33(37)15-16-34(37)47)12-8-6-4-3-5-7-9-24-51(49)25-10-18-38(40,41)39(42,43)44/h13-14,27-28,32-35,47H,3-12,15-26H2,1-2H3/t28-,32-,33+,34+,35-,37+,51?/m1/s1. The molecule has 0 bridgehead atoms. The van der Waals surface area contributed by atoms with Gasteiger partial charge in [0.1, 0.15) is 5.75 Å². The molecule has 6 nitrogen and oxygen atoms in total. The molecule has 1 saturated heterocycles. The molecule has 3 aliphatic carbocycles. The van der Waals surface area contributed by atoms with Crippen molar-refractivity contribution in [3.8, 4) is 5.75 Å². The highest BCUT2D eigenvalue weighted by Crippen LogP contribution is 2.62. The summed E-state index contributed by atoms with van der Waals surface area (Å²) in [5.41, 5.74) is 2.68. The largest absolute Gasteiger partial charge is 0.453 e. The molecular formula is C39H59F5N2O4S. The van der Waals surface area contributed by atoms with E-state index in [1.165, 1.54) is 11.1 Å². The van der Waals surface area contributed by atoms with E-state index >= 15 is 0 Å². The van der Waals surface area contributed by atoms with Crippen LogP contribution < -0.4 is 4.74 Å². The van der Waals surface area contributed by atoms with Gasteiger partial charge in [-0.1, -0.05) is 51.5 Å². The van der Waals surface area contributed by atoms with Crippen LogP contribution in [0.5, 0.6) is 5.75 Å². The number of hydrogen-bond acceptors (Lipinski definition) is 5. The third-order valence-corrected chi connectivity index (χ3v) is 14.2. The molecule has 1 aliphatic heterocycles. The van der Waals surface area contributed by atoms with Gasteiger partial charge in [0.2, 0.25) is 0 Å². The number of likely N-dealkylation sites (N-methyl/N-ethyl adjacent to an activating group) is 1. The topological polar surface area (TPSA) is 70.1 Å². The van der Waals surface area contributed by atoms with E-state index < -0.39 is 35.7 Å². The maximum Gasteiger partial charge on any atom is 0.453 e. The van der Waals surface area contributed by atoms with Crippen LogP contribution >= 0.6 is 0 Å². The zero-order chi connectivity index (χ0) is 36.8. The average Bonchev–Trinajstić information content (AvgIpc) is 3.21. The second-order valence-electron chi connectivity index (χ2n) is 16.2. The third-order valence-electron chi connectivity index (χ3n) is 12.7. The number of amides is 1. The van der Waals surface area contributed by atoms with Crippen molar-refractivity contribution in [2.24, 2.45) is 23.2 Å². The predicted octanol–water partition coefficient (Wildman–Crippen LogP) is 9.11. The van der Waals surface area contributed by atoms with Crippen LogP contribution in [-0.4, -0.2) is 88.1 Å². The molecule has 1 N–H and O–H groups in total. The Morgan fingerprint density at radius 2 is 1.65 bits per heavy atom. The minimum Gasteiger partial charge on any atom is -0.410 e. The zero-order valence-electron chi connectivity index (χ0n) is 30.5. The third kappa shape index (κ3) is 10.0. The van der Waals surface area contributed by atoms with Crippen LogP contribution in [0.3, 0.4) is 0 Å². The summed E-state index contributed by atoms with van der Waals surface area (Å²) >= 11 is 0. The van der Waals surface area contributed by atoms with Crippen LogP contribution in [0.4, 0.5) is 26.7 Å². The molecule has 51 heavy (non-hydrogen) atoms. The molecule has 2 saturated carbocycles. The highest BCUT2D eigenvalue weighted by molar-refractivity contribution is 7.84. The van der Waals surface area contributed by atoms with E-state index in [-0.39, 0.29) is 23.4 Å². The Morgan fingerprint density at radius 3 is 2.39 bits per heavy atom. The van der Waals surface area contributed by atoms with Gasteiger partial charge in [-0.05, 0) is 124 Å². The Labute approximate surface area is 303 Å². The molecule has 12 heteroatoms. The summed E-state index contributed by atoms with van der Waals surface area (Å²) in [4.78, 5) is 17.1. The first kappa shape index (κ1) is 40.4. The van der Waals surface area contributed by atoms with Crippen LogP contribution in [0.1, 0.15) is 120 Å². The van der Waals surface area contributed by atoms with E-state index in [0.29, 0.717) is 54.7 Å². The predicted molar refractivity (Wildman–Crippen MR) is 191 cm³/mol. The van der Waals surface area contributed by atoms with Crippen molar-refractivity contribution < 1.29 is 40.8 Å². The number of carbonyl (C=O) groups is 1. The second kappa shape index (κ2) is 17.6. The number of aliphatic hydroxyl groups is 1. The fourth-order valence-corrected chi connectivity index (χ4v) is 10.9. The lowest BCUT2D eigenvalue weighted by molar-refractivity contribution is -0.284. The molecule has 1 aromatic rings. The number of benzene rings is 1. The number of alkyl halides is 5. The van der Waals surface area contributed by atoms with Gasteiger partial charge >= 0.3 is 18.2 Å². The minimum absolute atomic E-state index is 0.0224. The molecule has 7 atom stereocenters. The molecule has 5 rings (SSSR count). The molecular weight excluding hydrogens is 687 g/mol. The molecule has 1 aromatic carbocycles. The summed E-state index contributed by atoms with van der Waals surface area (Å²) in [6.07, 6.45) is 6.25. The summed E-state index contributed by atoms with van der Waals surface area (Å²) in [5, 5.41) is 11.0. The Hall–Kier alpha value is -1.79. The van der Waals surface area contributed by atoms with Crippen molar-refractivity contribution in [3.05, 3.63) is 29.3 Å². The fourth-order valence-electron chi connectivity index (χ4n) is 9.73. The van der Waals surface area contributed by atoms with Gasteiger partial charge in [0.05, 0.1) is 6.10 Å². The lowest BCUT2D eigenvalue weighted by Gasteiger charge is -2.53. The molecule has 1 amide bonds. The second-order valence-corrected chi connectivity index (χ2v) is 17.9. The maximum atomic E-state index is 13.1. The monoisotopic (exact) mass is 746 g/mol. The smallest absolute Gasteiger partial charge is 0.410 e. The summed E-state index contributed by atoms with van der Waals surface area (Å²) in [5.74, 6) is -1.87. The van der Waals surface area contributed by atoms with Crippen LogP contribution in [0.25, 0.3) is 0 Å². The van der Waals surface area contributed by atoms with E-state index in [1.807, 2.05) is 11.0 Å². The number of fused-ring (bicyclic) bond motifs is 5. The number of hydrogen-bond donors (Lipinski definition) is 1. The molecule has 1 unspecified atom stereocenters. The minimum atomic E-state index is -5.55. The van der Waals surface area contributed by atoms with Gasteiger partial charge in [-0.3, -0.25) is 4.21 Å². The van der Waals surface area contributed by atoms with Gasteiger partial charge in [-0.15, -0.1) is 0 Å². The van der Waals surface area contributed by atoms with E-state index in [0.717, 1.165) is 96.6 Å². The number of aliphatic hydroxyl groups excluding tert-OH is 1. The normalized spacial score (nSPS) is 29.2. The van der Waals surface area contributed by atoms with Gasteiger partial charge in [0, 0.05) is 48.4 Å². The van der Waals surface area contributed by atoms with Gasteiger partial charge in [-0.25, -0.2) is 4.79 Å². The Kier molecular flexibility index (Phi) is 13.9. The number of unbranched alkanes of at least 4 members (excludes halogenated alkanes) is 6. The molecule has 1 heterocycles. The number of halogens is 5. The first-order valence-electron chi connectivity index (χ1n) is 19.5. The van der Waals surface area contributed by atoms with E-state index in [2.05, 4.69) is 31.0 Å². The number of nitrogens with zero attached hydrogens (tertiary/aromatic N) is 2. The van der Waals surface area contributed by atoms with Crippen LogP contribution in [0.15, 0.2) is 18.2 Å². The number of carbonyl (C=O) groups excluding carboxylic acids is 1. The van der Waals surface area contributed by atoms with E-state index in [4.69, 9.17) is 4.74 Å². The summed E-state index contributed by atoms with van der Waals surface area (Å²) in [6, 6.07) is 6.30. The van der Waals surface area contributed by atoms with Crippen LogP contribution in [-0.2, 0) is 17.2 Å². The van der Waals surface area contributed by atoms with E-state index in [1.54, 1.807) is 0 Å². The quantitative estimate of drug-likeness (QED) is 0.143. The van der Waals surface area contributed by atoms with Crippen molar-refractivity contribution in [3.63, 3.8) is 0 Å². The molecule has 0 aromatic heterocycles. The maximum absolute atomic E-state index is 13.1. The lowest BCUT2D eigenvalue weighted by atomic mass is 9.52. The van der Waals surface area contributed by atoms with Crippen molar-refractivity contribution in [1.82, 2.24) is 9.80 Å². The molecule has 290 valence electrons.